The summed E-state index contributed by atoms with van der Waals surface area (Å²) in [5.74, 6) is -3.61. The minimum atomic E-state index is -4.38. The number of halogens is 4. The number of aromatic nitrogens is 3. The molecular weight excluding hydrogens is 497 g/mol. The van der Waals surface area contributed by atoms with Gasteiger partial charge in [0.05, 0.1) is 15.6 Å². The smallest absolute Gasteiger partial charge is 0.185 e. The van der Waals surface area contributed by atoms with E-state index in [1.807, 2.05) is 0 Å². The van der Waals surface area contributed by atoms with E-state index in [1.165, 1.54) is 24.5 Å². The number of nitrogen functional groups attached to an aromatic ring is 1. The zero-order chi connectivity index (χ0) is 22.5. The van der Waals surface area contributed by atoms with Gasteiger partial charge >= 0.3 is 0 Å². The number of benzene rings is 2. The molecule has 0 fully saturated rings. The highest BCUT2D eigenvalue weighted by molar-refractivity contribution is 9.10. The summed E-state index contributed by atoms with van der Waals surface area (Å²) in [5.41, 5.74) is 6.70. The summed E-state index contributed by atoms with van der Waals surface area (Å²) >= 11 is 2.80. The monoisotopic (exact) mass is 510 g/mol. The molecule has 2 heterocycles. The van der Waals surface area contributed by atoms with Crippen LogP contribution in [0.4, 0.5) is 19.0 Å². The first-order valence-electron chi connectivity index (χ1n) is 8.80. The van der Waals surface area contributed by atoms with Crippen LogP contribution in [-0.4, -0.2) is 23.0 Å². The van der Waals surface area contributed by atoms with E-state index in [9.17, 15) is 17.2 Å². The lowest BCUT2D eigenvalue weighted by Gasteiger charge is -2.10. The fourth-order valence-electron chi connectivity index (χ4n) is 3.36. The third kappa shape index (κ3) is 3.68. The van der Waals surface area contributed by atoms with Crippen LogP contribution in [0.2, 0.25) is 0 Å². The lowest BCUT2D eigenvalue weighted by Crippen LogP contribution is -2.10. The molecule has 0 spiro atoms. The molecular formula is C20H14BrF3N4O2S. The second-order valence-corrected chi connectivity index (χ2v) is 9.66. The number of nitrogens with two attached hydrogens (primary N) is 1. The minimum absolute atomic E-state index is 0.0854. The van der Waals surface area contributed by atoms with Crippen molar-refractivity contribution >= 4 is 42.6 Å². The van der Waals surface area contributed by atoms with Gasteiger partial charge in [-0.3, -0.25) is 0 Å². The molecule has 2 N–H and O–H groups in total. The summed E-state index contributed by atoms with van der Waals surface area (Å²) in [6.45, 7) is 0. The molecule has 6 nitrogen and oxygen atoms in total. The van der Waals surface area contributed by atoms with Crippen molar-refractivity contribution in [2.45, 2.75) is 10.6 Å². The van der Waals surface area contributed by atoms with Crippen LogP contribution in [0.3, 0.4) is 0 Å². The van der Waals surface area contributed by atoms with E-state index in [1.54, 1.807) is 17.8 Å². The number of sulfone groups is 1. The Morgan fingerprint density at radius 1 is 1.10 bits per heavy atom. The van der Waals surface area contributed by atoms with Gasteiger partial charge in [0.2, 0.25) is 0 Å². The topological polar surface area (TPSA) is 90.9 Å². The van der Waals surface area contributed by atoms with E-state index in [-0.39, 0.29) is 21.4 Å². The van der Waals surface area contributed by atoms with Crippen molar-refractivity contribution in [3.05, 3.63) is 70.3 Å². The van der Waals surface area contributed by atoms with Crippen LogP contribution in [0.25, 0.3) is 22.2 Å². The molecule has 0 saturated heterocycles. The van der Waals surface area contributed by atoms with Gasteiger partial charge in [-0.1, -0.05) is 18.2 Å². The number of nitrogens with zero attached hydrogens (tertiary/aromatic N) is 3. The molecule has 0 amide bonds. The van der Waals surface area contributed by atoms with Gasteiger partial charge in [0, 0.05) is 29.9 Å². The highest BCUT2D eigenvalue weighted by Gasteiger charge is 2.25. The van der Waals surface area contributed by atoms with Crippen molar-refractivity contribution in [3.63, 3.8) is 0 Å². The van der Waals surface area contributed by atoms with Crippen LogP contribution in [0, 0.1) is 17.5 Å². The molecule has 0 bridgehead atoms. The first-order valence-corrected chi connectivity index (χ1v) is 11.2. The highest BCUT2D eigenvalue weighted by Crippen LogP contribution is 2.35. The second-order valence-electron chi connectivity index (χ2n) is 6.85. The van der Waals surface area contributed by atoms with Crippen molar-refractivity contribution < 1.29 is 21.6 Å². The Balaban J connectivity index is 1.82. The number of hydrogen-bond acceptors (Lipinski definition) is 5. The van der Waals surface area contributed by atoms with Gasteiger partial charge in [-0.15, -0.1) is 0 Å². The highest BCUT2D eigenvalue weighted by atomic mass is 79.9. The van der Waals surface area contributed by atoms with Gasteiger partial charge in [-0.2, -0.15) is 0 Å². The molecule has 2 aromatic carbocycles. The van der Waals surface area contributed by atoms with Gasteiger partial charge < -0.3 is 10.3 Å². The quantitative estimate of drug-likeness (QED) is 0.411. The Hall–Kier alpha value is -2.92. The van der Waals surface area contributed by atoms with E-state index in [0.29, 0.717) is 28.7 Å². The van der Waals surface area contributed by atoms with Crippen LogP contribution in [0.15, 0.2) is 52.2 Å². The summed E-state index contributed by atoms with van der Waals surface area (Å²) in [6.07, 6.45) is 2.89. The van der Waals surface area contributed by atoms with Crippen LogP contribution in [-0.2, 0) is 22.6 Å². The van der Waals surface area contributed by atoms with Gasteiger partial charge in [-0.25, -0.2) is 31.6 Å². The molecule has 0 radical (unpaired) electrons. The molecule has 11 heteroatoms. The Morgan fingerprint density at radius 3 is 2.58 bits per heavy atom. The van der Waals surface area contributed by atoms with Crippen LogP contribution in [0.5, 0.6) is 0 Å². The standard InChI is InChI=1S/C20H14BrF3N4O2S/c1-28-7-12(17-19(25)26-9-27-20(17)28)11-4-2-3-10(18(11)24)8-31(29,30)16-6-14(22)13(21)5-15(16)23/h2-7,9H,8H2,1H3,(H2,25,26,27). The molecule has 31 heavy (non-hydrogen) atoms. The molecule has 0 aliphatic carbocycles. The van der Waals surface area contributed by atoms with Crippen molar-refractivity contribution in [2.24, 2.45) is 7.05 Å². The largest absolute Gasteiger partial charge is 0.383 e. The Kier molecular flexibility index (Phi) is 5.26. The number of aryl methyl sites for hydroxylation is 1. The predicted octanol–water partition coefficient (Wildman–Crippen LogP) is 4.37. The van der Waals surface area contributed by atoms with E-state index in [4.69, 9.17) is 5.73 Å². The fraction of sp³-hybridized carbons (Fsp3) is 0.100. The van der Waals surface area contributed by atoms with Crippen LogP contribution in [0.1, 0.15) is 5.56 Å². The average molecular weight is 511 g/mol. The Bertz CT molecular complexity index is 1450. The SMILES string of the molecule is Cn1cc(-c2cccc(CS(=O)(=O)c3cc(F)c(Br)cc3F)c2F)c2c(N)ncnc21. The molecule has 0 atom stereocenters. The molecule has 0 aliphatic heterocycles. The van der Waals surface area contributed by atoms with Crippen molar-refractivity contribution in [3.8, 4) is 11.1 Å². The number of rotatable bonds is 4. The van der Waals surface area contributed by atoms with E-state index < -0.39 is 37.9 Å². The van der Waals surface area contributed by atoms with Gasteiger partial charge in [-0.05, 0) is 28.1 Å². The number of hydrogen-bond donors (Lipinski definition) is 1. The molecule has 0 aliphatic rings. The van der Waals surface area contributed by atoms with E-state index in [2.05, 4.69) is 25.9 Å². The Labute approximate surface area is 183 Å². The average Bonchev–Trinajstić information content (AvgIpc) is 3.04. The zero-order valence-electron chi connectivity index (χ0n) is 15.9. The molecule has 0 saturated carbocycles. The maximum absolute atomic E-state index is 15.4. The maximum Gasteiger partial charge on any atom is 0.185 e. The molecule has 4 rings (SSSR count). The van der Waals surface area contributed by atoms with E-state index >= 15 is 4.39 Å². The third-order valence-electron chi connectivity index (χ3n) is 4.81. The number of anilines is 1. The first kappa shape index (κ1) is 21.3. The van der Waals surface area contributed by atoms with Crippen LogP contribution < -0.4 is 5.73 Å². The lowest BCUT2D eigenvalue weighted by molar-refractivity contribution is 0.548. The lowest BCUT2D eigenvalue weighted by atomic mass is 10.0. The molecule has 160 valence electrons. The minimum Gasteiger partial charge on any atom is -0.383 e. The summed E-state index contributed by atoms with van der Waals surface area (Å²) in [6, 6.07) is 5.49. The normalized spacial score (nSPS) is 11.9. The predicted molar refractivity (Wildman–Crippen MR) is 113 cm³/mol. The van der Waals surface area contributed by atoms with Crippen molar-refractivity contribution in [1.29, 1.82) is 0 Å². The van der Waals surface area contributed by atoms with E-state index in [0.717, 1.165) is 0 Å². The van der Waals surface area contributed by atoms with Crippen molar-refractivity contribution in [2.75, 3.05) is 5.73 Å². The number of fused-ring (bicyclic) bond motifs is 1. The van der Waals surface area contributed by atoms with Gasteiger partial charge in [0.25, 0.3) is 0 Å². The maximum atomic E-state index is 15.4. The Morgan fingerprint density at radius 2 is 1.84 bits per heavy atom. The zero-order valence-corrected chi connectivity index (χ0v) is 18.3. The molecule has 4 aromatic rings. The second kappa shape index (κ2) is 7.65. The molecule has 0 unspecified atom stereocenters. The van der Waals surface area contributed by atoms with Crippen molar-refractivity contribution in [1.82, 2.24) is 14.5 Å². The third-order valence-corrected chi connectivity index (χ3v) is 7.09. The fourth-order valence-corrected chi connectivity index (χ4v) is 5.11. The first-order chi connectivity index (χ1) is 14.6. The summed E-state index contributed by atoms with van der Waals surface area (Å²) in [4.78, 5) is 7.23. The summed E-state index contributed by atoms with van der Waals surface area (Å²) < 4.78 is 70.3. The van der Waals surface area contributed by atoms with Crippen LogP contribution >= 0.6 is 15.9 Å². The van der Waals surface area contributed by atoms with Gasteiger partial charge in [0.15, 0.2) is 9.84 Å². The summed E-state index contributed by atoms with van der Waals surface area (Å²) in [7, 11) is -2.68. The van der Waals surface area contributed by atoms with Gasteiger partial charge in [0.1, 0.15) is 40.1 Å². The summed E-state index contributed by atoms with van der Waals surface area (Å²) in [5, 5.41) is 0.421. The molecule has 2 aromatic heterocycles.